The number of Topliss-reactive ketones (excluding diaryl/α,β-unsaturated/α-hetero) is 1. The van der Waals surface area contributed by atoms with Gasteiger partial charge in [0, 0.05) is 19.3 Å². The number of ether oxygens (including phenoxy) is 2. The summed E-state index contributed by atoms with van der Waals surface area (Å²) in [4.78, 5) is 38.5. The Kier molecular flexibility index (Phi) is 23.3. The quantitative estimate of drug-likeness (QED) is 0.0373. The fraction of sp³-hybridized carbons (Fsp3) is 0.732. The van der Waals surface area contributed by atoms with Gasteiger partial charge < -0.3 is 9.47 Å². The second-order valence-electron chi connectivity index (χ2n) is 13.5. The van der Waals surface area contributed by atoms with Crippen molar-refractivity contribution in [2.45, 2.75) is 180 Å². The maximum atomic E-state index is 12.7. The molecule has 0 saturated carbocycles. The van der Waals surface area contributed by atoms with Gasteiger partial charge in [-0.2, -0.15) is 0 Å². The number of esters is 1. The second-order valence-corrected chi connectivity index (χ2v) is 13.5. The Morgan fingerprint density at radius 3 is 1.74 bits per heavy atom. The molecule has 0 aliphatic heterocycles. The Bertz CT molecular complexity index is 1030. The van der Waals surface area contributed by atoms with E-state index in [-0.39, 0.29) is 24.8 Å². The van der Waals surface area contributed by atoms with Gasteiger partial charge in [0.15, 0.2) is 0 Å². The third-order valence-electron chi connectivity index (χ3n) is 9.52. The predicted molar refractivity (Wildman–Crippen MR) is 192 cm³/mol. The topological polar surface area (TPSA) is 72.9 Å². The molecule has 1 aliphatic carbocycles. The average molecular weight is 652 g/mol. The smallest absolute Gasteiger partial charge is 0.413 e. The summed E-state index contributed by atoms with van der Waals surface area (Å²) in [6.07, 6.45) is 34.8. The molecule has 0 fully saturated rings. The number of rotatable bonds is 29. The van der Waals surface area contributed by atoms with E-state index >= 15 is 0 Å². The monoisotopic (exact) mass is 651 g/mol. The van der Waals surface area contributed by atoms with Crippen molar-refractivity contribution in [1.82, 2.24) is 4.90 Å². The van der Waals surface area contributed by atoms with Crippen LogP contribution in [0.3, 0.4) is 0 Å². The van der Waals surface area contributed by atoms with Gasteiger partial charge in [-0.15, -0.1) is 6.42 Å². The first-order valence-electron chi connectivity index (χ1n) is 19.2. The van der Waals surface area contributed by atoms with Crippen LogP contribution < -0.4 is 0 Å². The van der Waals surface area contributed by atoms with Gasteiger partial charge in [-0.3, -0.25) is 14.5 Å². The molecule has 0 saturated heterocycles. The minimum absolute atomic E-state index is 0.124. The SMILES string of the molecule is C#CCN(C(=O)OCOC(=O)CCCCC(=O)CCCCCCCCCCCCCCCCCCCCC)[C@@H]1CCc2ccccc21. The molecular formula is C41H65NO5. The van der Waals surface area contributed by atoms with Crippen LogP contribution in [0.15, 0.2) is 24.3 Å². The fourth-order valence-corrected chi connectivity index (χ4v) is 6.68. The lowest BCUT2D eigenvalue weighted by atomic mass is 10.0. The van der Waals surface area contributed by atoms with Crippen molar-refractivity contribution in [2.24, 2.45) is 0 Å². The highest BCUT2D eigenvalue weighted by atomic mass is 16.7. The van der Waals surface area contributed by atoms with E-state index in [1.807, 2.05) is 18.2 Å². The van der Waals surface area contributed by atoms with E-state index in [4.69, 9.17) is 15.9 Å². The number of amides is 1. The van der Waals surface area contributed by atoms with Gasteiger partial charge in [0.05, 0.1) is 12.6 Å². The molecule has 1 amide bonds. The summed E-state index contributed by atoms with van der Waals surface area (Å²) < 4.78 is 10.3. The Balaban J connectivity index is 1.35. The Morgan fingerprint density at radius 2 is 1.19 bits per heavy atom. The molecule has 0 aromatic heterocycles. The van der Waals surface area contributed by atoms with Gasteiger partial charge in [0.25, 0.3) is 0 Å². The van der Waals surface area contributed by atoms with Gasteiger partial charge in [0.1, 0.15) is 5.78 Å². The van der Waals surface area contributed by atoms with Crippen molar-refractivity contribution in [3.05, 3.63) is 35.4 Å². The fourth-order valence-electron chi connectivity index (χ4n) is 6.68. The van der Waals surface area contributed by atoms with Crippen molar-refractivity contribution in [3.63, 3.8) is 0 Å². The van der Waals surface area contributed by atoms with Crippen molar-refractivity contribution >= 4 is 17.8 Å². The Hall–Kier alpha value is -2.81. The maximum Gasteiger partial charge on any atom is 0.413 e. The van der Waals surface area contributed by atoms with Crippen molar-refractivity contribution in [2.75, 3.05) is 13.3 Å². The van der Waals surface area contributed by atoms with Crippen LogP contribution in [0.4, 0.5) is 4.79 Å². The highest BCUT2D eigenvalue weighted by Crippen LogP contribution is 2.35. The summed E-state index contributed by atoms with van der Waals surface area (Å²) in [7, 11) is 0. The number of benzene rings is 1. The van der Waals surface area contributed by atoms with Crippen LogP contribution in [0.1, 0.15) is 185 Å². The predicted octanol–water partition coefficient (Wildman–Crippen LogP) is 11.2. The molecule has 6 nitrogen and oxygen atoms in total. The molecule has 47 heavy (non-hydrogen) atoms. The highest BCUT2D eigenvalue weighted by Gasteiger charge is 2.31. The number of ketones is 1. The number of fused-ring (bicyclic) bond motifs is 1. The number of unbranched alkanes of at least 4 members (excludes halogenated alkanes) is 19. The number of aryl methyl sites for hydroxylation is 1. The molecule has 264 valence electrons. The number of carbonyl (C=O) groups is 3. The lowest BCUT2D eigenvalue weighted by Gasteiger charge is -2.27. The molecule has 0 unspecified atom stereocenters. The maximum absolute atomic E-state index is 12.7. The summed E-state index contributed by atoms with van der Waals surface area (Å²) in [5.41, 5.74) is 2.30. The lowest BCUT2D eigenvalue weighted by Crippen LogP contribution is -2.35. The normalized spacial score (nSPS) is 13.6. The zero-order valence-corrected chi connectivity index (χ0v) is 29.8. The van der Waals surface area contributed by atoms with Gasteiger partial charge in [-0.1, -0.05) is 153 Å². The van der Waals surface area contributed by atoms with Crippen molar-refractivity contribution < 1.29 is 23.9 Å². The summed E-state index contributed by atoms with van der Waals surface area (Å²) in [6, 6.07) is 7.88. The first-order chi connectivity index (χ1) is 23.1. The van der Waals surface area contributed by atoms with Crippen LogP contribution in [0, 0.1) is 12.3 Å². The molecule has 0 bridgehead atoms. The van der Waals surface area contributed by atoms with Crippen molar-refractivity contribution in [1.29, 1.82) is 0 Å². The van der Waals surface area contributed by atoms with Gasteiger partial charge in [0.2, 0.25) is 6.79 Å². The summed E-state index contributed by atoms with van der Waals surface area (Å²) >= 11 is 0. The van der Waals surface area contributed by atoms with E-state index in [9.17, 15) is 14.4 Å². The van der Waals surface area contributed by atoms with Gasteiger partial charge in [-0.25, -0.2) is 4.79 Å². The second kappa shape index (κ2) is 27.2. The van der Waals surface area contributed by atoms with E-state index in [0.717, 1.165) is 31.2 Å². The van der Waals surface area contributed by atoms with Crippen LogP contribution in [0.5, 0.6) is 0 Å². The standard InChI is InChI=1S/C41H65NO5/c1-3-5-6-7-8-9-10-11-12-13-14-15-16-17-18-19-20-21-22-28-37(43)29-24-26-31-40(44)46-35-47-41(45)42(34-4-2)39-33-32-36-27-23-25-30-38(36)39/h2,23,25,27,30,39H,3,5-22,24,26,28-29,31-35H2,1H3/t39-/m1/s1. The number of terminal acetylenes is 1. The van der Waals surface area contributed by atoms with Crippen molar-refractivity contribution in [3.8, 4) is 12.3 Å². The van der Waals surface area contributed by atoms with E-state index in [1.165, 1.54) is 120 Å². The first kappa shape index (κ1) is 40.4. The summed E-state index contributed by atoms with van der Waals surface area (Å²) in [5.74, 6) is 2.38. The van der Waals surface area contributed by atoms with E-state index in [1.54, 1.807) is 0 Å². The molecule has 0 spiro atoms. The van der Waals surface area contributed by atoms with Crippen LogP contribution in [0.25, 0.3) is 0 Å². The van der Waals surface area contributed by atoms with E-state index in [0.29, 0.717) is 25.7 Å². The summed E-state index contributed by atoms with van der Waals surface area (Å²) in [6.45, 7) is 1.97. The van der Waals surface area contributed by atoms with Crippen LogP contribution in [-0.4, -0.2) is 36.1 Å². The largest absolute Gasteiger partial charge is 0.428 e. The first-order valence-corrected chi connectivity index (χ1v) is 19.2. The molecule has 2 rings (SSSR count). The molecule has 0 heterocycles. The number of hydrogen-bond acceptors (Lipinski definition) is 5. The third-order valence-corrected chi connectivity index (χ3v) is 9.52. The zero-order valence-electron chi connectivity index (χ0n) is 29.8. The molecular weight excluding hydrogens is 586 g/mol. The molecule has 0 N–H and O–H groups in total. The van der Waals surface area contributed by atoms with Crippen LogP contribution in [-0.2, 0) is 25.5 Å². The van der Waals surface area contributed by atoms with Gasteiger partial charge in [-0.05, 0) is 43.2 Å². The van der Waals surface area contributed by atoms with Crippen LogP contribution >= 0.6 is 0 Å². The lowest BCUT2D eigenvalue weighted by molar-refractivity contribution is -0.152. The zero-order chi connectivity index (χ0) is 33.8. The molecule has 0 radical (unpaired) electrons. The number of carbonyl (C=O) groups excluding carboxylic acids is 3. The average Bonchev–Trinajstić information content (AvgIpc) is 3.50. The van der Waals surface area contributed by atoms with Crippen LogP contribution in [0.2, 0.25) is 0 Å². The highest BCUT2D eigenvalue weighted by molar-refractivity contribution is 5.78. The minimum atomic E-state index is -0.585. The molecule has 6 heteroatoms. The number of nitrogens with zero attached hydrogens (tertiary/aromatic N) is 1. The van der Waals surface area contributed by atoms with Gasteiger partial charge >= 0.3 is 12.1 Å². The third kappa shape index (κ3) is 18.9. The Labute approximate surface area is 287 Å². The molecule has 1 aliphatic rings. The summed E-state index contributed by atoms with van der Waals surface area (Å²) in [5, 5.41) is 0. The molecule has 1 atom stereocenters. The minimum Gasteiger partial charge on any atom is -0.428 e. The Morgan fingerprint density at radius 1 is 0.702 bits per heavy atom. The molecule has 1 aromatic rings. The number of hydrogen-bond donors (Lipinski definition) is 0. The van der Waals surface area contributed by atoms with E-state index in [2.05, 4.69) is 18.9 Å². The van der Waals surface area contributed by atoms with E-state index < -0.39 is 18.9 Å². The molecule has 1 aromatic carbocycles.